The molecule has 0 bridgehead atoms. The summed E-state index contributed by atoms with van der Waals surface area (Å²) in [6.07, 6.45) is 5.98. The molecule has 2 aromatic rings. The number of hydrogen-bond donors (Lipinski definition) is 1. The molecular formula is C16H19N3O3S. The van der Waals surface area contributed by atoms with E-state index >= 15 is 0 Å². The lowest BCUT2D eigenvalue weighted by molar-refractivity contribution is -0.0224. The molecule has 1 atom stereocenters. The number of nitrogens with zero attached hydrogens (tertiary/aromatic N) is 2. The number of nitrogens with one attached hydrogen (secondary N) is 1. The fourth-order valence-electron chi connectivity index (χ4n) is 2.45. The van der Waals surface area contributed by atoms with Gasteiger partial charge in [0.1, 0.15) is 6.61 Å². The van der Waals surface area contributed by atoms with Crippen molar-refractivity contribution in [3.05, 3.63) is 34.9 Å². The minimum atomic E-state index is -0.457. The summed E-state index contributed by atoms with van der Waals surface area (Å²) in [5, 5.41) is 6.72. The Morgan fingerprint density at radius 1 is 1.39 bits per heavy atom. The largest absolute Gasteiger partial charge is 0.447 e. The molecule has 1 unspecified atom stereocenters. The molecule has 2 aromatic heterocycles. The van der Waals surface area contributed by atoms with Crippen molar-refractivity contribution < 1.29 is 14.3 Å². The van der Waals surface area contributed by atoms with Gasteiger partial charge in [-0.1, -0.05) is 0 Å². The number of hydrogen-bond acceptors (Lipinski definition) is 6. The molecule has 0 aromatic carbocycles. The number of thiophene rings is 1. The van der Waals surface area contributed by atoms with Crippen LogP contribution in [0.3, 0.4) is 0 Å². The van der Waals surface area contributed by atoms with E-state index in [0.717, 1.165) is 42.8 Å². The van der Waals surface area contributed by atoms with Gasteiger partial charge in [-0.3, -0.25) is 9.97 Å². The molecule has 1 N–H and O–H groups in total. The Labute approximate surface area is 138 Å². The Morgan fingerprint density at radius 3 is 3.09 bits per heavy atom. The average molecular weight is 333 g/mol. The van der Waals surface area contributed by atoms with Gasteiger partial charge >= 0.3 is 6.09 Å². The topological polar surface area (TPSA) is 73.3 Å². The third-order valence-corrected chi connectivity index (χ3v) is 4.33. The van der Waals surface area contributed by atoms with Gasteiger partial charge in [0.25, 0.3) is 0 Å². The molecule has 1 fully saturated rings. The van der Waals surface area contributed by atoms with Crippen LogP contribution in [-0.2, 0) is 16.0 Å². The van der Waals surface area contributed by atoms with Crippen LogP contribution in [0.5, 0.6) is 0 Å². The number of alkyl carbamates (subject to hydrolysis) is 1. The van der Waals surface area contributed by atoms with Crippen LogP contribution in [0, 0.1) is 0 Å². The van der Waals surface area contributed by atoms with Crippen LogP contribution in [0.2, 0.25) is 0 Å². The summed E-state index contributed by atoms with van der Waals surface area (Å²) in [5.74, 6) is 0. The van der Waals surface area contributed by atoms with Gasteiger partial charge < -0.3 is 14.8 Å². The molecule has 6 nitrogen and oxygen atoms in total. The zero-order chi connectivity index (χ0) is 15.9. The van der Waals surface area contributed by atoms with E-state index in [1.54, 1.807) is 23.7 Å². The summed E-state index contributed by atoms with van der Waals surface area (Å²) >= 11 is 1.60. The zero-order valence-corrected chi connectivity index (χ0v) is 13.6. The number of carbonyl (C=O) groups is 1. The number of amides is 1. The summed E-state index contributed by atoms with van der Waals surface area (Å²) in [6.45, 7) is 1.33. The van der Waals surface area contributed by atoms with Crippen LogP contribution in [0.4, 0.5) is 4.79 Å². The summed E-state index contributed by atoms with van der Waals surface area (Å²) in [4.78, 5) is 20.5. The maximum absolute atomic E-state index is 11.8. The summed E-state index contributed by atoms with van der Waals surface area (Å²) < 4.78 is 10.7. The van der Waals surface area contributed by atoms with Gasteiger partial charge in [-0.05, 0) is 30.7 Å². The molecule has 3 heterocycles. The van der Waals surface area contributed by atoms with Gasteiger partial charge in [-0.25, -0.2) is 4.79 Å². The van der Waals surface area contributed by atoms with Crippen molar-refractivity contribution in [2.24, 2.45) is 0 Å². The quantitative estimate of drug-likeness (QED) is 0.910. The van der Waals surface area contributed by atoms with Crippen LogP contribution in [0.1, 0.15) is 25.0 Å². The van der Waals surface area contributed by atoms with Gasteiger partial charge in [-0.15, -0.1) is 0 Å². The summed E-state index contributed by atoms with van der Waals surface area (Å²) in [7, 11) is 0. The fraction of sp³-hybridized carbons (Fsp3) is 0.438. The Balaban J connectivity index is 1.51. The first-order chi connectivity index (χ1) is 11.3. The summed E-state index contributed by atoms with van der Waals surface area (Å²) in [6, 6.07) is 1.98. The maximum Gasteiger partial charge on any atom is 0.407 e. The fourth-order valence-corrected chi connectivity index (χ4v) is 3.09. The SMILES string of the molecule is O=C(NCc1nccnc1-c1ccsc1)OCC1CCCCO1. The van der Waals surface area contributed by atoms with Crippen LogP contribution < -0.4 is 5.32 Å². The highest BCUT2D eigenvalue weighted by atomic mass is 32.1. The van der Waals surface area contributed by atoms with Crippen molar-refractivity contribution in [2.45, 2.75) is 31.9 Å². The van der Waals surface area contributed by atoms with Crippen molar-refractivity contribution in [1.82, 2.24) is 15.3 Å². The molecule has 0 radical (unpaired) electrons. The van der Waals surface area contributed by atoms with Crippen LogP contribution in [-0.4, -0.2) is 35.4 Å². The second-order valence-corrected chi connectivity index (χ2v) is 6.08. The Kier molecular flexibility index (Phi) is 5.55. The molecule has 0 saturated carbocycles. The monoisotopic (exact) mass is 333 g/mol. The number of carbonyl (C=O) groups excluding carboxylic acids is 1. The highest BCUT2D eigenvalue weighted by Crippen LogP contribution is 2.22. The van der Waals surface area contributed by atoms with E-state index in [1.165, 1.54) is 0 Å². The molecule has 0 spiro atoms. The Hall–Kier alpha value is -1.99. The van der Waals surface area contributed by atoms with Crippen LogP contribution in [0.25, 0.3) is 11.3 Å². The van der Waals surface area contributed by atoms with Gasteiger partial charge in [0.05, 0.1) is 24.0 Å². The smallest absolute Gasteiger partial charge is 0.407 e. The molecule has 1 aliphatic heterocycles. The lowest BCUT2D eigenvalue weighted by Gasteiger charge is -2.22. The minimum Gasteiger partial charge on any atom is -0.447 e. The molecule has 23 heavy (non-hydrogen) atoms. The summed E-state index contributed by atoms with van der Waals surface area (Å²) in [5.41, 5.74) is 2.50. The van der Waals surface area contributed by atoms with Crippen molar-refractivity contribution in [2.75, 3.05) is 13.2 Å². The van der Waals surface area contributed by atoms with Gasteiger partial charge in [-0.2, -0.15) is 11.3 Å². The van der Waals surface area contributed by atoms with E-state index in [2.05, 4.69) is 15.3 Å². The molecule has 122 valence electrons. The minimum absolute atomic E-state index is 0.0207. The van der Waals surface area contributed by atoms with Crippen LogP contribution >= 0.6 is 11.3 Å². The molecule has 1 aliphatic rings. The van der Waals surface area contributed by atoms with Crippen molar-refractivity contribution in [1.29, 1.82) is 0 Å². The standard InChI is InChI=1S/C16H19N3O3S/c20-16(22-10-13-3-1-2-7-21-13)19-9-14-15(18-6-5-17-14)12-4-8-23-11-12/h4-6,8,11,13H,1-3,7,9-10H2,(H,19,20). The number of aromatic nitrogens is 2. The molecule has 3 rings (SSSR count). The second-order valence-electron chi connectivity index (χ2n) is 5.30. The van der Waals surface area contributed by atoms with Crippen molar-refractivity contribution in [3.63, 3.8) is 0 Å². The van der Waals surface area contributed by atoms with Gasteiger partial charge in [0.15, 0.2) is 0 Å². The van der Waals surface area contributed by atoms with E-state index in [0.29, 0.717) is 6.61 Å². The first-order valence-corrected chi connectivity index (χ1v) is 8.62. The number of rotatable bonds is 5. The lowest BCUT2D eigenvalue weighted by atomic mass is 10.1. The molecule has 1 saturated heterocycles. The number of ether oxygens (including phenoxy) is 2. The third kappa shape index (κ3) is 4.49. The average Bonchev–Trinajstić information content (AvgIpc) is 3.14. The first-order valence-electron chi connectivity index (χ1n) is 7.67. The zero-order valence-electron chi connectivity index (χ0n) is 12.7. The van der Waals surface area contributed by atoms with E-state index < -0.39 is 6.09 Å². The lowest BCUT2D eigenvalue weighted by Crippen LogP contribution is -2.30. The van der Waals surface area contributed by atoms with E-state index in [4.69, 9.17) is 9.47 Å². The highest BCUT2D eigenvalue weighted by molar-refractivity contribution is 7.08. The molecule has 0 aliphatic carbocycles. The Bertz CT molecular complexity index is 627. The van der Waals surface area contributed by atoms with Crippen molar-refractivity contribution >= 4 is 17.4 Å². The van der Waals surface area contributed by atoms with Crippen molar-refractivity contribution in [3.8, 4) is 11.3 Å². The van der Waals surface area contributed by atoms with E-state index in [-0.39, 0.29) is 12.6 Å². The normalized spacial score (nSPS) is 17.7. The first kappa shape index (κ1) is 15.9. The van der Waals surface area contributed by atoms with Gasteiger partial charge in [0.2, 0.25) is 0 Å². The van der Waals surface area contributed by atoms with Gasteiger partial charge in [0, 0.05) is 29.9 Å². The van der Waals surface area contributed by atoms with E-state index in [1.807, 2.05) is 16.8 Å². The highest BCUT2D eigenvalue weighted by Gasteiger charge is 2.16. The predicted molar refractivity (Wildman–Crippen MR) is 87.1 cm³/mol. The third-order valence-electron chi connectivity index (χ3n) is 3.64. The second kappa shape index (κ2) is 8.03. The molecule has 1 amide bonds. The Morgan fingerprint density at radius 2 is 2.30 bits per heavy atom. The maximum atomic E-state index is 11.8. The van der Waals surface area contributed by atoms with E-state index in [9.17, 15) is 4.79 Å². The molecular weight excluding hydrogens is 314 g/mol. The predicted octanol–water partition coefficient (Wildman–Crippen LogP) is 3.00. The van der Waals surface area contributed by atoms with Crippen LogP contribution in [0.15, 0.2) is 29.2 Å². The molecule has 7 heteroatoms.